The molecule has 1 unspecified atom stereocenters. The van der Waals surface area contributed by atoms with Crippen LogP contribution in [0.5, 0.6) is 0 Å². The van der Waals surface area contributed by atoms with Gasteiger partial charge in [0, 0.05) is 37.5 Å². The van der Waals surface area contributed by atoms with Gasteiger partial charge in [-0.2, -0.15) is 0 Å². The normalized spacial score (nSPS) is 11.7. The van der Waals surface area contributed by atoms with Gasteiger partial charge in [-0.25, -0.2) is 4.79 Å². The van der Waals surface area contributed by atoms with Crippen molar-refractivity contribution in [1.29, 1.82) is 0 Å². The molecule has 0 bridgehead atoms. The molecule has 1 heterocycles. The van der Waals surface area contributed by atoms with E-state index in [1.54, 1.807) is 6.20 Å². The fourth-order valence-electron chi connectivity index (χ4n) is 2.28. The molecule has 0 aliphatic carbocycles. The predicted molar refractivity (Wildman–Crippen MR) is 90.1 cm³/mol. The highest BCUT2D eigenvalue weighted by atomic mass is 16.3. The minimum atomic E-state index is -0.208. The molecule has 5 heteroatoms. The Morgan fingerprint density at radius 1 is 1.09 bits per heavy atom. The molecular weight excluding hydrogens is 290 g/mol. The van der Waals surface area contributed by atoms with E-state index in [0.29, 0.717) is 19.5 Å². The van der Waals surface area contributed by atoms with Crippen molar-refractivity contribution < 1.29 is 9.90 Å². The van der Waals surface area contributed by atoms with Crippen LogP contribution in [-0.2, 0) is 12.8 Å². The second-order valence-electron chi connectivity index (χ2n) is 5.45. The first-order chi connectivity index (χ1) is 11.3. The van der Waals surface area contributed by atoms with Crippen LogP contribution in [0.15, 0.2) is 54.7 Å². The highest BCUT2D eigenvalue weighted by Crippen LogP contribution is 2.04. The Bertz CT molecular complexity index is 575. The van der Waals surface area contributed by atoms with Crippen LogP contribution in [0, 0.1) is 5.92 Å². The molecule has 2 amide bonds. The third kappa shape index (κ3) is 6.48. The minimum absolute atomic E-state index is 0.0148. The van der Waals surface area contributed by atoms with Gasteiger partial charge in [0.2, 0.25) is 0 Å². The van der Waals surface area contributed by atoms with Crippen LogP contribution >= 0.6 is 0 Å². The van der Waals surface area contributed by atoms with E-state index in [4.69, 9.17) is 0 Å². The Kier molecular flexibility index (Phi) is 7.07. The molecule has 1 aromatic heterocycles. The number of pyridine rings is 1. The van der Waals surface area contributed by atoms with E-state index in [-0.39, 0.29) is 18.6 Å². The number of nitrogens with zero attached hydrogens (tertiary/aromatic N) is 1. The maximum Gasteiger partial charge on any atom is 0.314 e. The lowest BCUT2D eigenvalue weighted by atomic mass is 10.0. The van der Waals surface area contributed by atoms with Gasteiger partial charge >= 0.3 is 6.03 Å². The summed E-state index contributed by atoms with van der Waals surface area (Å²) < 4.78 is 0. The monoisotopic (exact) mass is 313 g/mol. The lowest BCUT2D eigenvalue weighted by Gasteiger charge is -2.15. The molecule has 0 saturated carbocycles. The van der Waals surface area contributed by atoms with Crippen LogP contribution in [0.3, 0.4) is 0 Å². The van der Waals surface area contributed by atoms with Crippen LogP contribution in [0.1, 0.15) is 11.3 Å². The molecule has 23 heavy (non-hydrogen) atoms. The number of hydrogen-bond acceptors (Lipinski definition) is 3. The molecule has 2 rings (SSSR count). The van der Waals surface area contributed by atoms with E-state index in [2.05, 4.69) is 15.6 Å². The largest absolute Gasteiger partial charge is 0.396 e. The van der Waals surface area contributed by atoms with Crippen LogP contribution in [0.4, 0.5) is 4.79 Å². The first-order valence-electron chi connectivity index (χ1n) is 7.84. The number of carbonyl (C=O) groups excluding carboxylic acids is 1. The molecule has 2 aromatic rings. The number of urea groups is 1. The number of carbonyl (C=O) groups is 1. The summed E-state index contributed by atoms with van der Waals surface area (Å²) in [5, 5.41) is 15.1. The lowest BCUT2D eigenvalue weighted by molar-refractivity contribution is 0.213. The molecule has 0 spiro atoms. The number of rotatable bonds is 8. The molecular formula is C18H23N3O2. The van der Waals surface area contributed by atoms with Gasteiger partial charge in [-0.3, -0.25) is 4.98 Å². The summed E-state index contributed by atoms with van der Waals surface area (Å²) in [4.78, 5) is 16.0. The number of nitrogens with one attached hydrogen (secondary N) is 2. The van der Waals surface area contributed by atoms with Crippen molar-refractivity contribution in [2.45, 2.75) is 12.8 Å². The second-order valence-corrected chi connectivity index (χ2v) is 5.45. The van der Waals surface area contributed by atoms with Crippen molar-refractivity contribution >= 4 is 6.03 Å². The Hall–Kier alpha value is -2.40. The van der Waals surface area contributed by atoms with Gasteiger partial charge in [-0.05, 0) is 30.5 Å². The van der Waals surface area contributed by atoms with Gasteiger partial charge in [0.25, 0.3) is 0 Å². The van der Waals surface area contributed by atoms with E-state index in [9.17, 15) is 9.90 Å². The molecule has 0 aliphatic heterocycles. The smallest absolute Gasteiger partial charge is 0.314 e. The first kappa shape index (κ1) is 17.0. The summed E-state index contributed by atoms with van der Waals surface area (Å²) in [7, 11) is 0. The van der Waals surface area contributed by atoms with Crippen molar-refractivity contribution in [1.82, 2.24) is 15.6 Å². The van der Waals surface area contributed by atoms with E-state index < -0.39 is 0 Å². The standard InChI is InChI=1S/C18H23N3O2/c22-14-16(12-17-8-4-5-10-19-17)13-21-18(23)20-11-9-15-6-2-1-3-7-15/h1-8,10,16,22H,9,11-14H2,(H2,20,21,23). The maximum absolute atomic E-state index is 11.8. The molecule has 0 radical (unpaired) electrons. The van der Waals surface area contributed by atoms with E-state index >= 15 is 0 Å². The number of aliphatic hydroxyl groups is 1. The van der Waals surface area contributed by atoms with Gasteiger partial charge in [0.05, 0.1) is 0 Å². The molecule has 0 fully saturated rings. The van der Waals surface area contributed by atoms with Gasteiger partial charge in [-0.15, -0.1) is 0 Å². The summed E-state index contributed by atoms with van der Waals surface area (Å²) in [6, 6.07) is 15.5. The molecule has 0 aliphatic rings. The van der Waals surface area contributed by atoms with E-state index in [1.165, 1.54) is 5.56 Å². The van der Waals surface area contributed by atoms with E-state index in [0.717, 1.165) is 12.1 Å². The summed E-state index contributed by atoms with van der Waals surface area (Å²) in [5.41, 5.74) is 2.11. The SMILES string of the molecule is O=C(NCCc1ccccc1)NCC(CO)Cc1ccccn1. The summed E-state index contributed by atoms with van der Waals surface area (Å²) in [6.45, 7) is 1.02. The van der Waals surface area contributed by atoms with Gasteiger partial charge in [0.1, 0.15) is 0 Å². The summed E-state index contributed by atoms with van der Waals surface area (Å²) in [6.07, 6.45) is 3.17. The Morgan fingerprint density at radius 2 is 1.87 bits per heavy atom. The minimum Gasteiger partial charge on any atom is -0.396 e. The van der Waals surface area contributed by atoms with Crippen LogP contribution < -0.4 is 10.6 Å². The van der Waals surface area contributed by atoms with Gasteiger partial charge in [-0.1, -0.05) is 36.4 Å². The molecule has 1 aromatic carbocycles. The zero-order chi connectivity index (χ0) is 16.3. The topological polar surface area (TPSA) is 74.2 Å². The van der Waals surface area contributed by atoms with Crippen molar-refractivity contribution in [3.8, 4) is 0 Å². The first-order valence-corrected chi connectivity index (χ1v) is 7.84. The average molecular weight is 313 g/mol. The zero-order valence-electron chi connectivity index (χ0n) is 13.1. The van der Waals surface area contributed by atoms with Crippen molar-refractivity contribution in [2.75, 3.05) is 19.7 Å². The fourth-order valence-corrected chi connectivity index (χ4v) is 2.28. The van der Waals surface area contributed by atoms with Gasteiger partial charge < -0.3 is 15.7 Å². The number of aliphatic hydroxyl groups excluding tert-OH is 1. The second kappa shape index (κ2) is 9.58. The number of amides is 2. The summed E-state index contributed by atoms with van der Waals surface area (Å²) >= 11 is 0. The number of aromatic nitrogens is 1. The van der Waals surface area contributed by atoms with Crippen molar-refractivity contribution in [2.24, 2.45) is 5.92 Å². The highest BCUT2D eigenvalue weighted by molar-refractivity contribution is 5.73. The van der Waals surface area contributed by atoms with Crippen molar-refractivity contribution in [3.63, 3.8) is 0 Å². The van der Waals surface area contributed by atoms with E-state index in [1.807, 2.05) is 48.5 Å². The highest BCUT2D eigenvalue weighted by Gasteiger charge is 2.11. The fraction of sp³-hybridized carbons (Fsp3) is 0.333. The molecule has 122 valence electrons. The molecule has 1 atom stereocenters. The number of benzene rings is 1. The van der Waals surface area contributed by atoms with Crippen molar-refractivity contribution in [3.05, 3.63) is 66.0 Å². The Labute approximate surface area is 136 Å². The Morgan fingerprint density at radius 3 is 2.57 bits per heavy atom. The molecule has 5 nitrogen and oxygen atoms in total. The maximum atomic E-state index is 11.8. The van der Waals surface area contributed by atoms with Crippen LogP contribution in [0.2, 0.25) is 0 Å². The summed E-state index contributed by atoms with van der Waals surface area (Å²) in [5.74, 6) is -0.0372. The van der Waals surface area contributed by atoms with Crippen LogP contribution in [-0.4, -0.2) is 35.8 Å². The third-order valence-corrected chi connectivity index (χ3v) is 3.58. The zero-order valence-corrected chi connectivity index (χ0v) is 13.1. The number of hydrogen-bond donors (Lipinski definition) is 3. The molecule has 3 N–H and O–H groups in total. The van der Waals surface area contributed by atoms with Crippen LogP contribution in [0.25, 0.3) is 0 Å². The average Bonchev–Trinajstić information content (AvgIpc) is 2.60. The molecule has 0 saturated heterocycles. The van der Waals surface area contributed by atoms with Gasteiger partial charge in [0.15, 0.2) is 0 Å². The third-order valence-electron chi connectivity index (χ3n) is 3.58. The lowest BCUT2D eigenvalue weighted by Crippen LogP contribution is -2.40. The predicted octanol–water partition coefficient (Wildman–Crippen LogP) is 1.77. The quantitative estimate of drug-likeness (QED) is 0.695. The Balaban J connectivity index is 1.66.